The van der Waals surface area contributed by atoms with Crippen LogP contribution in [0.3, 0.4) is 0 Å². The van der Waals surface area contributed by atoms with Crippen molar-refractivity contribution in [3.05, 3.63) is 114 Å². The van der Waals surface area contributed by atoms with Crippen molar-refractivity contribution in [3.8, 4) is 56.9 Å². The van der Waals surface area contributed by atoms with E-state index in [9.17, 15) is 0 Å². The van der Waals surface area contributed by atoms with Crippen LogP contribution in [0.25, 0.3) is 67.7 Å². The van der Waals surface area contributed by atoms with Gasteiger partial charge in [0.15, 0.2) is 29.1 Å². The fraction of sp³-hybridized carbons (Fsp3) is 0.279. The third kappa shape index (κ3) is 7.17. The Bertz CT molecular complexity index is 2340. The Hall–Kier alpha value is -5.83. The maximum Gasteiger partial charge on any atom is 0.164 e. The van der Waals surface area contributed by atoms with Crippen LogP contribution < -0.4 is 0 Å². The molecule has 0 aliphatic rings. The SMILES string of the molecule is CC(C)c1nc(-c2ccccc2)nc(-c2cc(-c3nc(-c4ccc(-c5nc(C(C)C)nc(C(C)C)n5)cc4)nc(C(C)C)n3)c3ccccc3c2)n1. The molecular weight excluding hydrogens is 643 g/mol. The summed E-state index contributed by atoms with van der Waals surface area (Å²) in [7, 11) is 0. The molecule has 0 spiro atoms. The van der Waals surface area contributed by atoms with Gasteiger partial charge in [-0.1, -0.05) is 134 Å². The molecule has 0 amide bonds. The summed E-state index contributed by atoms with van der Waals surface area (Å²) in [5.41, 5.74) is 4.49. The lowest BCUT2D eigenvalue weighted by Crippen LogP contribution is -2.08. The molecule has 0 radical (unpaired) electrons. The zero-order chi connectivity index (χ0) is 36.5. The average molecular weight is 686 g/mol. The fourth-order valence-corrected chi connectivity index (χ4v) is 5.84. The molecule has 260 valence electrons. The number of nitrogens with zero attached hydrogens (tertiary/aromatic N) is 9. The summed E-state index contributed by atoms with van der Waals surface area (Å²) >= 11 is 0. The van der Waals surface area contributed by atoms with E-state index in [4.69, 9.17) is 44.9 Å². The molecule has 0 unspecified atom stereocenters. The molecule has 0 saturated heterocycles. The van der Waals surface area contributed by atoms with Crippen molar-refractivity contribution in [1.82, 2.24) is 44.9 Å². The Morgan fingerprint density at radius 3 is 1.23 bits per heavy atom. The Kier molecular flexibility index (Phi) is 9.60. The van der Waals surface area contributed by atoms with Gasteiger partial charge >= 0.3 is 0 Å². The van der Waals surface area contributed by atoms with E-state index in [1.54, 1.807) is 0 Å². The Morgan fingerprint density at radius 2 is 0.712 bits per heavy atom. The summed E-state index contributed by atoms with van der Waals surface area (Å²) in [4.78, 5) is 44.2. The highest BCUT2D eigenvalue weighted by Crippen LogP contribution is 2.34. The van der Waals surface area contributed by atoms with Gasteiger partial charge in [-0.15, -0.1) is 0 Å². The average Bonchev–Trinajstić information content (AvgIpc) is 3.17. The van der Waals surface area contributed by atoms with E-state index in [-0.39, 0.29) is 23.7 Å². The van der Waals surface area contributed by atoms with Crippen LogP contribution in [-0.2, 0) is 0 Å². The van der Waals surface area contributed by atoms with Gasteiger partial charge in [0.2, 0.25) is 0 Å². The van der Waals surface area contributed by atoms with Gasteiger partial charge in [0.05, 0.1) is 0 Å². The van der Waals surface area contributed by atoms with E-state index < -0.39 is 0 Å². The highest BCUT2D eigenvalue weighted by atomic mass is 15.1. The van der Waals surface area contributed by atoms with E-state index >= 15 is 0 Å². The summed E-state index contributed by atoms with van der Waals surface area (Å²) < 4.78 is 0. The Balaban J connectivity index is 1.35. The van der Waals surface area contributed by atoms with Crippen LogP contribution in [-0.4, -0.2) is 44.9 Å². The molecule has 52 heavy (non-hydrogen) atoms. The minimum Gasteiger partial charge on any atom is -0.217 e. The lowest BCUT2D eigenvalue weighted by Gasteiger charge is -2.14. The van der Waals surface area contributed by atoms with Gasteiger partial charge in [-0.3, -0.25) is 0 Å². The molecule has 7 aromatic rings. The maximum atomic E-state index is 5.11. The molecule has 3 aromatic heterocycles. The van der Waals surface area contributed by atoms with Crippen molar-refractivity contribution in [1.29, 1.82) is 0 Å². The van der Waals surface area contributed by atoms with Crippen molar-refractivity contribution >= 4 is 10.8 Å². The summed E-state index contributed by atoms with van der Waals surface area (Å²) in [6.45, 7) is 16.8. The smallest absolute Gasteiger partial charge is 0.164 e. The predicted octanol–water partition coefficient (Wildman–Crippen LogP) is 10.2. The van der Waals surface area contributed by atoms with Crippen LogP contribution in [0.5, 0.6) is 0 Å². The first-order valence-corrected chi connectivity index (χ1v) is 18.0. The van der Waals surface area contributed by atoms with Crippen LogP contribution >= 0.6 is 0 Å². The number of rotatable bonds is 9. The summed E-state index contributed by atoms with van der Waals surface area (Å²) in [6.07, 6.45) is 0. The quantitative estimate of drug-likeness (QED) is 0.146. The zero-order valence-electron chi connectivity index (χ0n) is 31.0. The van der Waals surface area contributed by atoms with Crippen LogP contribution in [0.15, 0.2) is 91.0 Å². The maximum absolute atomic E-state index is 5.11. The molecule has 0 bridgehead atoms. The number of aromatic nitrogens is 9. The van der Waals surface area contributed by atoms with E-state index in [0.29, 0.717) is 34.9 Å². The molecular formula is C43H43N9. The molecule has 0 N–H and O–H groups in total. The number of benzene rings is 4. The molecule has 4 aromatic carbocycles. The fourth-order valence-electron chi connectivity index (χ4n) is 5.84. The predicted molar refractivity (Wildman–Crippen MR) is 208 cm³/mol. The van der Waals surface area contributed by atoms with Crippen LogP contribution in [0.1, 0.15) is 102 Å². The normalized spacial score (nSPS) is 11.8. The molecule has 0 aliphatic heterocycles. The van der Waals surface area contributed by atoms with Crippen molar-refractivity contribution in [2.24, 2.45) is 0 Å². The monoisotopic (exact) mass is 685 g/mol. The van der Waals surface area contributed by atoms with Gasteiger partial charge in [-0.05, 0) is 22.9 Å². The number of fused-ring (bicyclic) bond motifs is 1. The van der Waals surface area contributed by atoms with Crippen molar-refractivity contribution < 1.29 is 0 Å². The second kappa shape index (κ2) is 14.4. The molecule has 0 saturated carbocycles. The molecule has 0 atom stereocenters. The lowest BCUT2D eigenvalue weighted by molar-refractivity contribution is 0.697. The Labute approximate surface area is 305 Å². The summed E-state index contributed by atoms with van der Waals surface area (Å²) in [6, 6.07) is 30.7. The van der Waals surface area contributed by atoms with E-state index in [0.717, 1.165) is 56.1 Å². The minimum atomic E-state index is 0.0777. The van der Waals surface area contributed by atoms with Crippen molar-refractivity contribution in [2.45, 2.75) is 79.1 Å². The first-order valence-electron chi connectivity index (χ1n) is 18.0. The van der Waals surface area contributed by atoms with Crippen molar-refractivity contribution in [2.75, 3.05) is 0 Å². The molecule has 9 nitrogen and oxygen atoms in total. The second-order valence-electron chi connectivity index (χ2n) is 14.4. The van der Waals surface area contributed by atoms with Gasteiger partial charge in [-0.25, -0.2) is 44.9 Å². The lowest BCUT2D eigenvalue weighted by atomic mass is 9.99. The van der Waals surface area contributed by atoms with Gasteiger partial charge in [0, 0.05) is 51.5 Å². The van der Waals surface area contributed by atoms with Crippen LogP contribution in [0.4, 0.5) is 0 Å². The van der Waals surface area contributed by atoms with E-state index in [2.05, 4.69) is 79.7 Å². The summed E-state index contributed by atoms with van der Waals surface area (Å²) in [5, 5.41) is 2.07. The van der Waals surface area contributed by atoms with Gasteiger partial charge in [0.1, 0.15) is 23.3 Å². The van der Waals surface area contributed by atoms with E-state index in [1.807, 2.05) is 66.7 Å². The largest absolute Gasteiger partial charge is 0.217 e. The van der Waals surface area contributed by atoms with Crippen LogP contribution in [0.2, 0.25) is 0 Å². The first kappa shape index (κ1) is 34.6. The first-order chi connectivity index (χ1) is 25.0. The highest BCUT2D eigenvalue weighted by molar-refractivity contribution is 5.98. The highest BCUT2D eigenvalue weighted by Gasteiger charge is 2.19. The van der Waals surface area contributed by atoms with Crippen molar-refractivity contribution in [3.63, 3.8) is 0 Å². The number of hydrogen-bond acceptors (Lipinski definition) is 9. The summed E-state index contributed by atoms with van der Waals surface area (Å²) in [5.74, 6) is 6.76. The number of hydrogen-bond donors (Lipinski definition) is 0. The molecule has 7 rings (SSSR count). The van der Waals surface area contributed by atoms with Gasteiger partial charge in [-0.2, -0.15) is 0 Å². The molecule has 0 fully saturated rings. The standard InChI is InChI=1S/C43H43N9/c1-24(2)35-44-36(25(3)4)46-40(45-35)29-18-20-30(21-19-29)41-48-38(27(7)8)50-43(52-41)34-23-32(22-31-16-12-13-17-33(31)34)42-49-37(26(5)6)47-39(51-42)28-14-10-9-11-15-28/h9-27H,1-8H3. The van der Waals surface area contributed by atoms with Gasteiger partial charge in [0.25, 0.3) is 0 Å². The third-order valence-electron chi connectivity index (χ3n) is 8.84. The molecule has 9 heteroatoms. The topological polar surface area (TPSA) is 116 Å². The second-order valence-corrected chi connectivity index (χ2v) is 14.4. The molecule has 0 aliphatic carbocycles. The van der Waals surface area contributed by atoms with Gasteiger partial charge < -0.3 is 0 Å². The third-order valence-corrected chi connectivity index (χ3v) is 8.84. The molecule has 3 heterocycles. The minimum absolute atomic E-state index is 0.0777. The Morgan fingerprint density at radius 1 is 0.327 bits per heavy atom. The van der Waals surface area contributed by atoms with E-state index in [1.165, 1.54) is 0 Å². The zero-order valence-corrected chi connectivity index (χ0v) is 31.0. The van der Waals surface area contributed by atoms with Crippen LogP contribution in [0, 0.1) is 0 Å².